The third-order valence-electron chi connectivity index (χ3n) is 6.76. The van der Waals surface area contributed by atoms with Crippen molar-refractivity contribution < 1.29 is 24.2 Å². The van der Waals surface area contributed by atoms with Crippen LogP contribution in [0.5, 0.6) is 5.75 Å². The van der Waals surface area contributed by atoms with Gasteiger partial charge in [0.25, 0.3) is 0 Å². The van der Waals surface area contributed by atoms with Crippen molar-refractivity contribution in [1.29, 1.82) is 0 Å². The second kappa shape index (κ2) is 13.1. The Kier molecular flexibility index (Phi) is 11.4. The van der Waals surface area contributed by atoms with Gasteiger partial charge in [-0.15, -0.1) is 0 Å². The summed E-state index contributed by atoms with van der Waals surface area (Å²) in [7, 11) is 3.39. The Morgan fingerprint density at radius 3 is 2.16 bits per heavy atom. The van der Waals surface area contributed by atoms with E-state index in [1.54, 1.807) is 57.1 Å². The number of phenols is 1. The van der Waals surface area contributed by atoms with E-state index in [1.807, 2.05) is 54.5 Å². The number of nitrogens with zero attached hydrogens (tertiary/aromatic N) is 1. The summed E-state index contributed by atoms with van der Waals surface area (Å²) >= 11 is 0. The van der Waals surface area contributed by atoms with E-state index in [4.69, 9.17) is 4.74 Å². The lowest BCUT2D eigenvalue weighted by molar-refractivity contribution is -0.141. The highest BCUT2D eigenvalue weighted by molar-refractivity contribution is 5.92. The molecule has 1 aromatic carbocycles. The monoisotopic (exact) mass is 517 g/mol. The quantitative estimate of drug-likeness (QED) is 0.305. The lowest BCUT2D eigenvalue weighted by Gasteiger charge is -2.40. The van der Waals surface area contributed by atoms with Gasteiger partial charge >= 0.3 is 5.97 Å². The molecule has 2 amide bonds. The van der Waals surface area contributed by atoms with Crippen molar-refractivity contribution in [3.05, 3.63) is 41.5 Å². The van der Waals surface area contributed by atoms with E-state index in [9.17, 15) is 19.5 Å². The first-order valence-electron chi connectivity index (χ1n) is 12.9. The Morgan fingerprint density at radius 2 is 1.70 bits per heavy atom. The van der Waals surface area contributed by atoms with Crippen molar-refractivity contribution in [1.82, 2.24) is 15.5 Å². The molecule has 0 aliphatic heterocycles. The van der Waals surface area contributed by atoms with Crippen LogP contribution >= 0.6 is 0 Å². The molecule has 208 valence electrons. The topological polar surface area (TPSA) is 108 Å². The molecule has 1 aromatic rings. The van der Waals surface area contributed by atoms with Crippen molar-refractivity contribution in [2.75, 3.05) is 20.7 Å². The molecule has 0 bridgehead atoms. The maximum Gasteiger partial charge on any atom is 0.333 e. The summed E-state index contributed by atoms with van der Waals surface area (Å²) in [5, 5.41) is 16.1. The first-order chi connectivity index (χ1) is 17.0. The fourth-order valence-corrected chi connectivity index (χ4v) is 4.44. The predicted octanol–water partition coefficient (Wildman–Crippen LogP) is 3.78. The number of aromatic hydroxyl groups is 1. The zero-order chi connectivity index (χ0) is 28.7. The summed E-state index contributed by atoms with van der Waals surface area (Å²) in [6.07, 6.45) is 1.75. The molecule has 0 aliphatic carbocycles. The molecule has 3 atom stereocenters. The molecule has 1 rings (SSSR count). The van der Waals surface area contributed by atoms with Crippen LogP contribution in [0.4, 0.5) is 0 Å². The molecule has 0 heterocycles. The standard InChI is InChI=1S/C29H47N3O5/c1-12-37-27(36)19(4)16-22(18(2)3)32(11)26(35)24(28(5,6)7)31-25(34)23(30-10)29(8,9)20-14-13-15-21(33)17-20/h13-18,22-24,30,33H,12H2,1-11H3,(H,31,34)/b19-16+/t22-,23-,24-/m1/s1. The van der Waals surface area contributed by atoms with E-state index in [-0.39, 0.29) is 36.1 Å². The Morgan fingerprint density at radius 1 is 1.11 bits per heavy atom. The molecule has 0 saturated carbocycles. The number of likely N-dealkylation sites (N-methyl/N-ethyl adjacent to an activating group) is 2. The number of carbonyl (C=O) groups excluding carboxylic acids is 3. The van der Waals surface area contributed by atoms with Gasteiger partial charge in [0, 0.05) is 18.0 Å². The number of nitrogens with one attached hydrogen (secondary N) is 2. The highest BCUT2D eigenvalue weighted by Crippen LogP contribution is 2.30. The van der Waals surface area contributed by atoms with Gasteiger partial charge in [-0.05, 0) is 49.9 Å². The average molecular weight is 518 g/mol. The van der Waals surface area contributed by atoms with Gasteiger partial charge in [0.15, 0.2) is 0 Å². The summed E-state index contributed by atoms with van der Waals surface area (Å²) in [6.45, 7) is 17.2. The molecule has 0 saturated heterocycles. The highest BCUT2D eigenvalue weighted by Gasteiger charge is 2.41. The summed E-state index contributed by atoms with van der Waals surface area (Å²) in [5.74, 6) is -0.851. The van der Waals surface area contributed by atoms with Gasteiger partial charge in [-0.3, -0.25) is 9.59 Å². The van der Waals surface area contributed by atoms with Crippen molar-refractivity contribution in [2.45, 2.75) is 85.9 Å². The molecule has 0 aromatic heterocycles. The van der Waals surface area contributed by atoms with Crippen molar-refractivity contribution >= 4 is 17.8 Å². The van der Waals surface area contributed by atoms with Crippen molar-refractivity contribution in [3.63, 3.8) is 0 Å². The van der Waals surface area contributed by atoms with Crippen molar-refractivity contribution in [2.24, 2.45) is 11.3 Å². The largest absolute Gasteiger partial charge is 0.508 e. The smallest absolute Gasteiger partial charge is 0.333 e. The number of amides is 2. The van der Waals surface area contributed by atoms with Gasteiger partial charge in [-0.2, -0.15) is 0 Å². The van der Waals surface area contributed by atoms with Crippen LogP contribution in [-0.2, 0) is 24.5 Å². The molecule has 0 fully saturated rings. The number of phenolic OH excluding ortho intramolecular Hbond substituents is 1. The Hall–Kier alpha value is -2.87. The van der Waals surface area contributed by atoms with E-state index in [0.29, 0.717) is 5.57 Å². The van der Waals surface area contributed by atoms with E-state index in [0.717, 1.165) is 5.56 Å². The van der Waals surface area contributed by atoms with Gasteiger partial charge in [-0.25, -0.2) is 4.79 Å². The number of rotatable bonds is 11. The molecule has 37 heavy (non-hydrogen) atoms. The molecule has 0 aliphatic rings. The number of hydrogen-bond acceptors (Lipinski definition) is 6. The summed E-state index contributed by atoms with van der Waals surface area (Å²) in [5.41, 5.74) is -0.0537. The molecular formula is C29H47N3O5. The minimum absolute atomic E-state index is 0.0180. The Labute approximate surface area is 222 Å². The van der Waals surface area contributed by atoms with Crippen LogP contribution in [0.2, 0.25) is 0 Å². The Bertz CT molecular complexity index is 978. The van der Waals surface area contributed by atoms with Crippen LogP contribution in [-0.4, -0.2) is 66.6 Å². The molecular weight excluding hydrogens is 470 g/mol. The molecule has 3 N–H and O–H groups in total. The highest BCUT2D eigenvalue weighted by atomic mass is 16.5. The van der Waals surface area contributed by atoms with Crippen LogP contribution < -0.4 is 10.6 Å². The van der Waals surface area contributed by atoms with Gasteiger partial charge in [0.1, 0.15) is 11.8 Å². The zero-order valence-corrected chi connectivity index (χ0v) is 24.4. The lowest BCUT2D eigenvalue weighted by Crippen LogP contribution is -2.61. The summed E-state index contributed by atoms with van der Waals surface area (Å²) in [4.78, 5) is 41.3. The summed E-state index contributed by atoms with van der Waals surface area (Å²) < 4.78 is 5.10. The van der Waals surface area contributed by atoms with Gasteiger partial charge < -0.3 is 25.4 Å². The fourth-order valence-electron chi connectivity index (χ4n) is 4.44. The molecule has 8 heteroatoms. The molecule has 0 spiro atoms. The van der Waals surface area contributed by atoms with Crippen LogP contribution in [0.3, 0.4) is 0 Å². The van der Waals surface area contributed by atoms with Crippen LogP contribution in [0.25, 0.3) is 0 Å². The van der Waals surface area contributed by atoms with Crippen LogP contribution in [0.1, 0.15) is 67.9 Å². The van der Waals surface area contributed by atoms with Crippen LogP contribution in [0, 0.1) is 11.3 Å². The van der Waals surface area contributed by atoms with Crippen LogP contribution in [0.15, 0.2) is 35.9 Å². The minimum Gasteiger partial charge on any atom is -0.508 e. The van der Waals surface area contributed by atoms with Gasteiger partial charge in [0.2, 0.25) is 11.8 Å². The van der Waals surface area contributed by atoms with Gasteiger partial charge in [-0.1, -0.05) is 66.7 Å². The lowest BCUT2D eigenvalue weighted by atomic mass is 9.76. The number of hydrogen-bond donors (Lipinski definition) is 3. The third kappa shape index (κ3) is 8.32. The van der Waals surface area contributed by atoms with E-state index < -0.39 is 28.9 Å². The molecule has 0 radical (unpaired) electrons. The molecule has 0 unspecified atom stereocenters. The number of carbonyl (C=O) groups is 3. The van der Waals surface area contributed by atoms with E-state index >= 15 is 0 Å². The second-order valence-electron chi connectivity index (χ2n) is 11.6. The normalized spacial score (nSPS) is 15.1. The van der Waals surface area contributed by atoms with Crippen molar-refractivity contribution in [3.8, 4) is 5.75 Å². The second-order valence-corrected chi connectivity index (χ2v) is 11.6. The predicted molar refractivity (Wildman–Crippen MR) is 147 cm³/mol. The number of esters is 1. The first-order valence-corrected chi connectivity index (χ1v) is 12.9. The minimum atomic E-state index is -0.821. The Balaban J connectivity index is 3.31. The SMILES string of the molecule is CCOC(=O)/C(C)=C/[C@H](C(C)C)N(C)C(=O)[C@@H](NC(=O)[C@@H](NC)C(C)(C)c1cccc(O)c1)C(C)(C)C. The van der Waals surface area contributed by atoms with E-state index in [1.165, 1.54) is 0 Å². The zero-order valence-electron chi connectivity index (χ0n) is 24.4. The molecule has 8 nitrogen and oxygen atoms in total. The maximum absolute atomic E-state index is 13.8. The maximum atomic E-state index is 13.8. The third-order valence-corrected chi connectivity index (χ3v) is 6.76. The summed E-state index contributed by atoms with van der Waals surface area (Å²) in [6, 6.07) is 4.96. The first kappa shape index (κ1) is 32.2. The average Bonchev–Trinajstić information content (AvgIpc) is 2.79. The number of benzene rings is 1. The fraction of sp³-hybridized carbons (Fsp3) is 0.621. The number of ether oxygens (including phenoxy) is 1. The van der Waals surface area contributed by atoms with Gasteiger partial charge in [0.05, 0.1) is 18.7 Å². The van der Waals surface area contributed by atoms with E-state index in [2.05, 4.69) is 10.6 Å².